The van der Waals surface area contributed by atoms with Gasteiger partial charge >= 0.3 is 0 Å². The standard InChI is InChI=1S/C19H16N2O/c1-14-7-5-6-10-17(14)18-12-11-15(13-20-18)19(22)21-16-8-3-2-4-9-16/h2-13H,1H3,(H,21,22). The molecule has 108 valence electrons. The SMILES string of the molecule is Cc1ccccc1-c1ccc(C(=O)Nc2ccccc2)cn1. The summed E-state index contributed by atoms with van der Waals surface area (Å²) in [6, 6.07) is 21.1. The summed E-state index contributed by atoms with van der Waals surface area (Å²) in [5, 5.41) is 2.85. The lowest BCUT2D eigenvalue weighted by Crippen LogP contribution is -2.12. The first kappa shape index (κ1) is 14.0. The van der Waals surface area contributed by atoms with Gasteiger partial charge in [0.05, 0.1) is 11.3 Å². The van der Waals surface area contributed by atoms with Gasteiger partial charge < -0.3 is 5.32 Å². The molecule has 3 heteroatoms. The topological polar surface area (TPSA) is 42.0 Å². The molecule has 0 aliphatic rings. The van der Waals surface area contributed by atoms with E-state index >= 15 is 0 Å². The predicted molar refractivity (Wildman–Crippen MR) is 88.8 cm³/mol. The van der Waals surface area contributed by atoms with Crippen molar-refractivity contribution < 1.29 is 4.79 Å². The van der Waals surface area contributed by atoms with Gasteiger partial charge in [-0.3, -0.25) is 9.78 Å². The summed E-state index contributed by atoms with van der Waals surface area (Å²) in [6.07, 6.45) is 1.61. The van der Waals surface area contributed by atoms with E-state index in [4.69, 9.17) is 0 Å². The monoisotopic (exact) mass is 288 g/mol. The van der Waals surface area contributed by atoms with Crippen molar-refractivity contribution in [3.63, 3.8) is 0 Å². The molecule has 0 atom stereocenters. The fourth-order valence-corrected chi connectivity index (χ4v) is 2.27. The van der Waals surface area contributed by atoms with Crippen LogP contribution in [0.3, 0.4) is 0 Å². The molecule has 2 aromatic carbocycles. The number of carbonyl (C=O) groups excluding carboxylic acids is 1. The Balaban J connectivity index is 1.80. The van der Waals surface area contributed by atoms with Crippen LogP contribution in [0.4, 0.5) is 5.69 Å². The molecule has 0 saturated carbocycles. The lowest BCUT2D eigenvalue weighted by atomic mass is 10.0. The summed E-state index contributed by atoms with van der Waals surface area (Å²) < 4.78 is 0. The Bertz CT molecular complexity index is 780. The van der Waals surface area contributed by atoms with E-state index in [2.05, 4.69) is 10.3 Å². The molecule has 1 aromatic heterocycles. The van der Waals surface area contributed by atoms with Crippen molar-refractivity contribution in [2.75, 3.05) is 5.32 Å². The zero-order valence-electron chi connectivity index (χ0n) is 12.3. The number of amides is 1. The van der Waals surface area contributed by atoms with Crippen LogP contribution in [0.5, 0.6) is 0 Å². The van der Waals surface area contributed by atoms with Gasteiger partial charge in [-0.15, -0.1) is 0 Å². The number of benzene rings is 2. The van der Waals surface area contributed by atoms with E-state index in [1.807, 2.05) is 67.6 Å². The third kappa shape index (κ3) is 3.04. The molecule has 0 aliphatic heterocycles. The molecule has 0 bridgehead atoms. The lowest BCUT2D eigenvalue weighted by Gasteiger charge is -2.07. The van der Waals surface area contributed by atoms with Crippen LogP contribution in [-0.4, -0.2) is 10.9 Å². The Morgan fingerprint density at radius 2 is 1.64 bits per heavy atom. The molecule has 3 aromatic rings. The second-order valence-electron chi connectivity index (χ2n) is 5.07. The summed E-state index contributed by atoms with van der Waals surface area (Å²) in [4.78, 5) is 16.6. The first-order chi connectivity index (χ1) is 10.7. The number of nitrogens with one attached hydrogen (secondary N) is 1. The van der Waals surface area contributed by atoms with Crippen molar-refractivity contribution in [1.29, 1.82) is 0 Å². The zero-order chi connectivity index (χ0) is 15.4. The molecule has 0 saturated heterocycles. The van der Waals surface area contributed by atoms with Crippen molar-refractivity contribution in [2.24, 2.45) is 0 Å². The average molecular weight is 288 g/mol. The Kier molecular flexibility index (Phi) is 3.97. The number of hydrogen-bond acceptors (Lipinski definition) is 2. The number of anilines is 1. The molecule has 3 nitrogen and oxygen atoms in total. The molecule has 1 heterocycles. The molecule has 0 aliphatic carbocycles. The molecule has 0 spiro atoms. The summed E-state index contributed by atoms with van der Waals surface area (Å²) in [5.41, 5.74) is 4.43. The molecule has 1 N–H and O–H groups in total. The average Bonchev–Trinajstić information content (AvgIpc) is 2.56. The molecular weight excluding hydrogens is 272 g/mol. The van der Waals surface area contributed by atoms with Gasteiger partial charge in [-0.1, -0.05) is 42.5 Å². The molecule has 22 heavy (non-hydrogen) atoms. The van der Waals surface area contributed by atoms with Crippen LogP contribution >= 0.6 is 0 Å². The largest absolute Gasteiger partial charge is 0.322 e. The maximum Gasteiger partial charge on any atom is 0.257 e. The Hall–Kier alpha value is -2.94. The number of nitrogens with zero attached hydrogens (tertiary/aromatic N) is 1. The van der Waals surface area contributed by atoms with E-state index in [0.717, 1.165) is 22.5 Å². The van der Waals surface area contributed by atoms with Crippen LogP contribution in [0.2, 0.25) is 0 Å². The number of hydrogen-bond donors (Lipinski definition) is 1. The number of rotatable bonds is 3. The second kappa shape index (κ2) is 6.22. The second-order valence-corrected chi connectivity index (χ2v) is 5.07. The van der Waals surface area contributed by atoms with Crippen molar-refractivity contribution in [3.8, 4) is 11.3 Å². The van der Waals surface area contributed by atoms with Crippen molar-refractivity contribution in [3.05, 3.63) is 84.1 Å². The van der Waals surface area contributed by atoms with Gasteiger partial charge in [0.15, 0.2) is 0 Å². The number of carbonyl (C=O) groups is 1. The van der Waals surface area contributed by atoms with Crippen molar-refractivity contribution >= 4 is 11.6 Å². The lowest BCUT2D eigenvalue weighted by molar-refractivity contribution is 0.102. The first-order valence-corrected chi connectivity index (χ1v) is 7.12. The molecule has 1 amide bonds. The summed E-state index contributed by atoms with van der Waals surface area (Å²) in [7, 11) is 0. The highest BCUT2D eigenvalue weighted by Gasteiger charge is 2.08. The molecule has 3 rings (SSSR count). The Morgan fingerprint density at radius 3 is 2.32 bits per heavy atom. The van der Waals surface area contributed by atoms with E-state index in [1.165, 1.54) is 0 Å². The van der Waals surface area contributed by atoms with E-state index in [1.54, 1.807) is 12.3 Å². The highest BCUT2D eigenvalue weighted by atomic mass is 16.1. The van der Waals surface area contributed by atoms with Gasteiger partial charge in [0, 0.05) is 17.4 Å². The number of aryl methyl sites for hydroxylation is 1. The molecule has 0 unspecified atom stereocenters. The van der Waals surface area contributed by atoms with Gasteiger partial charge in [-0.05, 0) is 36.8 Å². The van der Waals surface area contributed by atoms with Gasteiger partial charge in [-0.25, -0.2) is 0 Å². The first-order valence-electron chi connectivity index (χ1n) is 7.12. The smallest absolute Gasteiger partial charge is 0.257 e. The van der Waals surface area contributed by atoms with Gasteiger partial charge in [0.1, 0.15) is 0 Å². The van der Waals surface area contributed by atoms with Crippen molar-refractivity contribution in [1.82, 2.24) is 4.98 Å². The molecular formula is C19H16N2O. The van der Waals surface area contributed by atoms with E-state index in [0.29, 0.717) is 5.56 Å². The van der Waals surface area contributed by atoms with Crippen LogP contribution in [0.25, 0.3) is 11.3 Å². The third-order valence-electron chi connectivity index (χ3n) is 3.48. The van der Waals surface area contributed by atoms with E-state index in [9.17, 15) is 4.79 Å². The summed E-state index contributed by atoms with van der Waals surface area (Å²) >= 11 is 0. The Morgan fingerprint density at radius 1 is 0.909 bits per heavy atom. The minimum Gasteiger partial charge on any atom is -0.322 e. The van der Waals surface area contributed by atoms with Crippen LogP contribution in [-0.2, 0) is 0 Å². The summed E-state index contributed by atoms with van der Waals surface area (Å²) in [5.74, 6) is -0.157. The minimum absolute atomic E-state index is 0.157. The van der Waals surface area contributed by atoms with Gasteiger partial charge in [-0.2, -0.15) is 0 Å². The Labute approximate surface area is 129 Å². The van der Waals surface area contributed by atoms with Gasteiger partial charge in [0.2, 0.25) is 0 Å². The fraction of sp³-hybridized carbons (Fsp3) is 0.0526. The number of aromatic nitrogens is 1. The van der Waals surface area contributed by atoms with Crippen molar-refractivity contribution in [2.45, 2.75) is 6.92 Å². The fourth-order valence-electron chi connectivity index (χ4n) is 2.27. The maximum absolute atomic E-state index is 12.2. The van der Waals surface area contributed by atoms with Crippen LogP contribution < -0.4 is 5.32 Å². The maximum atomic E-state index is 12.2. The highest BCUT2D eigenvalue weighted by Crippen LogP contribution is 2.21. The third-order valence-corrected chi connectivity index (χ3v) is 3.48. The van der Waals surface area contributed by atoms with Gasteiger partial charge in [0.25, 0.3) is 5.91 Å². The predicted octanol–water partition coefficient (Wildman–Crippen LogP) is 4.31. The van der Waals surface area contributed by atoms with E-state index in [-0.39, 0.29) is 5.91 Å². The summed E-state index contributed by atoms with van der Waals surface area (Å²) in [6.45, 7) is 2.05. The van der Waals surface area contributed by atoms with Crippen LogP contribution in [0, 0.1) is 6.92 Å². The number of pyridine rings is 1. The van der Waals surface area contributed by atoms with E-state index < -0.39 is 0 Å². The van der Waals surface area contributed by atoms with Crippen LogP contribution in [0.1, 0.15) is 15.9 Å². The molecule has 0 fully saturated rings. The quantitative estimate of drug-likeness (QED) is 0.780. The number of para-hydroxylation sites is 1. The highest BCUT2D eigenvalue weighted by molar-refractivity contribution is 6.04. The minimum atomic E-state index is -0.157. The zero-order valence-corrected chi connectivity index (χ0v) is 12.3. The van der Waals surface area contributed by atoms with Crippen LogP contribution in [0.15, 0.2) is 72.9 Å². The normalized spacial score (nSPS) is 10.2. The molecule has 0 radical (unpaired) electrons.